The van der Waals surface area contributed by atoms with Crippen LogP contribution < -0.4 is 5.32 Å². The lowest BCUT2D eigenvalue weighted by Crippen LogP contribution is -2.65. The summed E-state index contributed by atoms with van der Waals surface area (Å²) in [6, 6.07) is -0.931. The predicted octanol–water partition coefficient (Wildman–Crippen LogP) is 9.00. The fourth-order valence-corrected chi connectivity index (χ4v) is 9.02. The van der Waals surface area contributed by atoms with Crippen molar-refractivity contribution in [3.8, 4) is 0 Å². The van der Waals surface area contributed by atoms with Gasteiger partial charge in [0.25, 0.3) is 0 Å². The van der Waals surface area contributed by atoms with E-state index in [1.54, 1.807) is 6.08 Å². The Morgan fingerprint density at radius 2 is 0.931 bits per heavy atom. The lowest BCUT2D eigenvalue weighted by Gasteiger charge is -2.46. The minimum atomic E-state index is -1.79. The second-order valence-electron chi connectivity index (χ2n) is 20.1. The van der Waals surface area contributed by atoms with Crippen LogP contribution in [0, 0.1) is 0 Å². The van der Waals surface area contributed by atoms with Crippen molar-refractivity contribution in [1.82, 2.24) is 5.32 Å². The zero-order chi connectivity index (χ0) is 52.4. The topological polar surface area (TPSA) is 228 Å². The molecule has 72 heavy (non-hydrogen) atoms. The molecule has 0 radical (unpaired) electrons. The molecular formula is C58H103NO13. The van der Waals surface area contributed by atoms with Crippen LogP contribution in [0.15, 0.2) is 60.8 Å². The van der Waals surface area contributed by atoms with E-state index in [-0.39, 0.29) is 18.9 Å². The average molecular weight is 1020 g/mol. The minimum absolute atomic E-state index is 0.254. The molecule has 12 unspecified atom stereocenters. The Balaban J connectivity index is 1.66. The minimum Gasteiger partial charge on any atom is -0.394 e. The quantitative estimate of drug-likeness (QED) is 0.0205. The van der Waals surface area contributed by atoms with E-state index in [4.69, 9.17) is 18.9 Å². The first-order valence-electron chi connectivity index (χ1n) is 28.5. The number of aliphatic hydroxyl groups is 8. The van der Waals surface area contributed by atoms with Gasteiger partial charge in [0.05, 0.1) is 32.0 Å². The Bertz CT molecular complexity index is 1440. The number of carbonyl (C=O) groups excluding carboxylic acids is 1. The number of hydrogen-bond acceptors (Lipinski definition) is 13. The summed E-state index contributed by atoms with van der Waals surface area (Å²) in [5.41, 5.74) is 0. The lowest BCUT2D eigenvalue weighted by atomic mass is 9.97. The van der Waals surface area contributed by atoms with E-state index in [1.807, 2.05) is 6.08 Å². The van der Waals surface area contributed by atoms with E-state index >= 15 is 0 Å². The van der Waals surface area contributed by atoms with Crippen molar-refractivity contribution >= 4 is 5.91 Å². The normalized spacial score (nSPS) is 26.0. The number of rotatable bonds is 44. The monoisotopic (exact) mass is 1020 g/mol. The number of amides is 1. The zero-order valence-corrected chi connectivity index (χ0v) is 44.7. The Hall–Kier alpha value is -2.31. The standard InChI is InChI=1S/C58H103NO13/c1-3-5-7-9-11-13-14-15-16-17-18-19-20-21-22-23-24-25-26-27-28-29-30-31-32-34-36-38-40-42-50(63)59-46(47(62)41-39-37-35-33-12-10-8-6-4-2)45-69-57-55(68)53(66)56(49(44-61)71-57)72-58-54(67)52(65)51(64)48(43-60)70-58/h12,14-15,17-18,20-21,33,39,41,46-49,51-58,60-62,64-68H,3-11,13,16,19,22-32,34-38,40,42-45H2,1-2H3,(H,59,63)/b15-14-,18-17-,21-20-,33-12+,41-39+. The molecule has 14 nitrogen and oxygen atoms in total. The molecule has 12 atom stereocenters. The SMILES string of the molecule is CCCCC/C=C/CC/C=C/C(O)C(COC1OC(CO)C(OC2OC(CO)C(O)C(O)C2O)C(O)C1O)NC(=O)CCCCCCCCCCCCCCCC/C=C\C/C=C\C/C=C\CCCCCCC. The highest BCUT2D eigenvalue weighted by atomic mass is 16.7. The fraction of sp³-hybridized carbons (Fsp3) is 0.810. The number of nitrogens with one attached hydrogen (secondary N) is 1. The van der Waals surface area contributed by atoms with Crippen LogP contribution in [0.4, 0.5) is 0 Å². The number of ether oxygens (including phenoxy) is 4. The number of allylic oxidation sites excluding steroid dienone is 9. The van der Waals surface area contributed by atoms with Crippen molar-refractivity contribution < 1.29 is 64.6 Å². The molecular weight excluding hydrogens is 919 g/mol. The fourth-order valence-electron chi connectivity index (χ4n) is 9.02. The molecule has 0 aromatic carbocycles. The van der Waals surface area contributed by atoms with Gasteiger partial charge in [0.15, 0.2) is 12.6 Å². The summed E-state index contributed by atoms with van der Waals surface area (Å²) in [4.78, 5) is 13.2. The maximum absolute atomic E-state index is 13.2. The largest absolute Gasteiger partial charge is 0.394 e. The molecule has 2 aliphatic rings. The van der Waals surface area contributed by atoms with Gasteiger partial charge in [0.2, 0.25) is 5.91 Å². The van der Waals surface area contributed by atoms with Gasteiger partial charge in [-0.15, -0.1) is 0 Å². The van der Waals surface area contributed by atoms with Crippen molar-refractivity contribution in [2.24, 2.45) is 0 Å². The Kier molecular flexibility index (Phi) is 40.1. The van der Waals surface area contributed by atoms with Gasteiger partial charge in [-0.1, -0.05) is 190 Å². The van der Waals surface area contributed by atoms with E-state index in [0.29, 0.717) is 12.8 Å². The van der Waals surface area contributed by atoms with Crippen molar-refractivity contribution in [3.63, 3.8) is 0 Å². The zero-order valence-electron chi connectivity index (χ0n) is 44.7. The van der Waals surface area contributed by atoms with E-state index < -0.39 is 86.8 Å². The summed E-state index contributed by atoms with van der Waals surface area (Å²) in [5.74, 6) is -0.254. The van der Waals surface area contributed by atoms with Gasteiger partial charge >= 0.3 is 0 Å². The Labute approximate surface area is 435 Å². The first-order valence-corrected chi connectivity index (χ1v) is 28.5. The third kappa shape index (κ3) is 29.7. The van der Waals surface area contributed by atoms with E-state index in [2.05, 4.69) is 67.8 Å². The maximum atomic E-state index is 13.2. The van der Waals surface area contributed by atoms with Crippen molar-refractivity contribution in [2.45, 2.75) is 280 Å². The van der Waals surface area contributed by atoms with E-state index in [0.717, 1.165) is 51.4 Å². The highest BCUT2D eigenvalue weighted by Crippen LogP contribution is 2.30. The Morgan fingerprint density at radius 1 is 0.500 bits per heavy atom. The van der Waals surface area contributed by atoms with Crippen LogP contribution in [-0.2, 0) is 23.7 Å². The van der Waals surface area contributed by atoms with Crippen LogP contribution in [0.5, 0.6) is 0 Å². The molecule has 14 heteroatoms. The number of unbranched alkanes of at least 4 members (excludes halogenated alkanes) is 23. The van der Waals surface area contributed by atoms with Crippen LogP contribution in [0.1, 0.15) is 206 Å². The molecule has 0 aliphatic carbocycles. The molecule has 0 spiro atoms. The highest BCUT2D eigenvalue weighted by Gasteiger charge is 2.51. The predicted molar refractivity (Wildman–Crippen MR) is 286 cm³/mol. The molecule has 2 aliphatic heterocycles. The van der Waals surface area contributed by atoms with Gasteiger partial charge in [-0.25, -0.2) is 0 Å². The Morgan fingerprint density at radius 3 is 1.49 bits per heavy atom. The van der Waals surface area contributed by atoms with Crippen molar-refractivity contribution in [2.75, 3.05) is 19.8 Å². The van der Waals surface area contributed by atoms with Crippen LogP contribution in [0.3, 0.4) is 0 Å². The van der Waals surface area contributed by atoms with Crippen LogP contribution >= 0.6 is 0 Å². The number of aliphatic hydroxyl groups excluding tert-OH is 8. The van der Waals surface area contributed by atoms with E-state index in [1.165, 1.54) is 122 Å². The van der Waals surface area contributed by atoms with Crippen molar-refractivity contribution in [1.29, 1.82) is 0 Å². The molecule has 2 saturated heterocycles. The molecule has 0 aromatic heterocycles. The number of carbonyl (C=O) groups is 1. The summed E-state index contributed by atoms with van der Waals surface area (Å²) < 4.78 is 22.7. The molecule has 9 N–H and O–H groups in total. The lowest BCUT2D eigenvalue weighted by molar-refractivity contribution is -0.359. The summed E-state index contributed by atoms with van der Waals surface area (Å²) >= 11 is 0. The van der Waals surface area contributed by atoms with Gasteiger partial charge in [-0.05, 0) is 70.6 Å². The summed E-state index contributed by atoms with van der Waals surface area (Å²) in [5, 5.41) is 86.7. The smallest absolute Gasteiger partial charge is 0.220 e. The molecule has 0 bridgehead atoms. The molecule has 0 aromatic rings. The molecule has 0 saturated carbocycles. The molecule has 2 fully saturated rings. The second-order valence-corrected chi connectivity index (χ2v) is 20.1. The summed E-state index contributed by atoms with van der Waals surface area (Å²) in [6.45, 7) is 2.69. The average Bonchev–Trinajstić information content (AvgIpc) is 3.38. The highest BCUT2D eigenvalue weighted by molar-refractivity contribution is 5.76. The van der Waals surface area contributed by atoms with Crippen LogP contribution in [-0.4, -0.2) is 140 Å². The van der Waals surface area contributed by atoms with Gasteiger partial charge in [0, 0.05) is 6.42 Å². The third-order valence-corrected chi connectivity index (χ3v) is 13.7. The number of hydrogen-bond donors (Lipinski definition) is 9. The summed E-state index contributed by atoms with van der Waals surface area (Å²) in [7, 11) is 0. The van der Waals surface area contributed by atoms with Gasteiger partial charge in [-0.3, -0.25) is 4.79 Å². The molecule has 2 rings (SSSR count). The molecule has 2 heterocycles. The van der Waals surface area contributed by atoms with E-state index in [9.17, 15) is 45.6 Å². The first kappa shape index (κ1) is 65.8. The second kappa shape index (κ2) is 43.9. The summed E-state index contributed by atoms with van der Waals surface area (Å²) in [6.07, 6.45) is 38.7. The van der Waals surface area contributed by atoms with Crippen molar-refractivity contribution in [3.05, 3.63) is 60.8 Å². The van der Waals surface area contributed by atoms with Gasteiger partial charge < -0.3 is 65.1 Å². The molecule has 418 valence electrons. The maximum Gasteiger partial charge on any atom is 0.220 e. The van der Waals surface area contributed by atoms with Crippen LogP contribution in [0.2, 0.25) is 0 Å². The first-order chi connectivity index (χ1) is 35.1. The van der Waals surface area contributed by atoms with Gasteiger partial charge in [-0.2, -0.15) is 0 Å². The van der Waals surface area contributed by atoms with Crippen LogP contribution in [0.25, 0.3) is 0 Å². The van der Waals surface area contributed by atoms with Gasteiger partial charge in [0.1, 0.15) is 48.8 Å². The third-order valence-electron chi connectivity index (χ3n) is 13.7. The molecule has 1 amide bonds.